The van der Waals surface area contributed by atoms with Gasteiger partial charge in [-0.3, -0.25) is 27.8 Å². The molecule has 0 aliphatic carbocycles. The molecule has 9 rings (SSSR count). The van der Waals surface area contributed by atoms with E-state index in [2.05, 4.69) is 45.6 Å². The van der Waals surface area contributed by atoms with Crippen LogP contribution in [0.5, 0.6) is 11.5 Å². The molecule has 2 aliphatic rings. The van der Waals surface area contributed by atoms with Gasteiger partial charge in [-0.2, -0.15) is 25.0 Å². The highest BCUT2D eigenvalue weighted by molar-refractivity contribution is 7.65. The van der Waals surface area contributed by atoms with Crippen molar-refractivity contribution in [3.63, 3.8) is 0 Å². The Labute approximate surface area is 515 Å². The summed E-state index contributed by atoms with van der Waals surface area (Å²) >= 11 is 0. The van der Waals surface area contributed by atoms with E-state index < -0.39 is 148 Å². The molecule has 0 radical (unpaired) electrons. The van der Waals surface area contributed by atoms with Crippen LogP contribution in [-0.2, 0) is 42.2 Å². The average Bonchev–Trinajstić information content (AvgIpc) is 1.71. The summed E-state index contributed by atoms with van der Waals surface area (Å²) in [4.78, 5) is 48.7. The number of rotatable bonds is 21. The van der Waals surface area contributed by atoms with Gasteiger partial charge in [0.15, 0.2) is 81.0 Å². The van der Waals surface area contributed by atoms with Gasteiger partial charge in [0, 0.05) is 14.1 Å². The molecule has 28 nitrogen and oxygen atoms in total. The van der Waals surface area contributed by atoms with E-state index in [1.165, 1.54) is 73.7 Å². The van der Waals surface area contributed by atoms with Crippen LogP contribution in [0.3, 0.4) is 0 Å². The SMILES string of the molecule is C.CC(C)OC(=O)CN[P@](=O)(Oc1ccccc1)c1c(F)c(F)c(F)c(F)c1F.CNc1nc(N)nc2c1ncn2[C@@H]1O[C@H](CO)[C@@H](O)[C@@]1(C)F.CNc1nc(N)nc2c1ncn2[C@@H]1O[C@H](CO[P@@](=O)(N[C@@H](C)C(=O)OC(C)C)Oc2ccccc2)[C@@H](O)[C@@]1(C)F. The molecule has 7 aromatic rings. The third-order valence-corrected chi connectivity index (χ3v) is 16.8. The molecule has 2 fully saturated rings. The number of para-hydroxylation sites is 2. The van der Waals surface area contributed by atoms with Crippen LogP contribution in [0.1, 0.15) is 68.3 Å². The van der Waals surface area contributed by atoms with Crippen molar-refractivity contribution in [1.29, 1.82) is 0 Å². The summed E-state index contributed by atoms with van der Waals surface area (Å²) in [5, 5.41) is 38.5. The van der Waals surface area contributed by atoms with Gasteiger partial charge in [0.2, 0.25) is 17.7 Å². The highest BCUT2D eigenvalue weighted by atomic mass is 31.2. The molecule has 91 heavy (non-hydrogen) atoms. The second kappa shape index (κ2) is 29.6. The Hall–Kier alpha value is -7.85. The van der Waals surface area contributed by atoms with Crippen molar-refractivity contribution in [2.24, 2.45) is 0 Å². The van der Waals surface area contributed by atoms with Gasteiger partial charge < -0.3 is 65.4 Å². The molecule has 2 saturated heterocycles. The zero-order valence-corrected chi connectivity index (χ0v) is 51.1. The van der Waals surface area contributed by atoms with Crippen LogP contribution < -0.4 is 46.6 Å². The van der Waals surface area contributed by atoms with Crippen LogP contribution in [0.2, 0.25) is 0 Å². The van der Waals surface area contributed by atoms with Crippen LogP contribution in [-0.4, -0.2) is 154 Å². The predicted molar refractivity (Wildman–Crippen MR) is 315 cm³/mol. The van der Waals surface area contributed by atoms with E-state index in [4.69, 9.17) is 44.0 Å². The smallest absolute Gasteiger partial charge is 0.459 e. The number of aliphatic hydroxyl groups is 3. The number of ether oxygens (including phenoxy) is 4. The number of esters is 2. The Balaban J connectivity index is 0.000000226. The van der Waals surface area contributed by atoms with Gasteiger partial charge in [-0.05, 0) is 72.7 Å². The van der Waals surface area contributed by atoms with E-state index in [1.807, 2.05) is 5.09 Å². The van der Waals surface area contributed by atoms with E-state index in [9.17, 15) is 60.4 Å². The molecule has 11 atom stereocenters. The molecule has 0 saturated carbocycles. The zero-order chi connectivity index (χ0) is 66.4. The molecule has 4 aromatic heterocycles. The van der Waals surface area contributed by atoms with Gasteiger partial charge in [0.1, 0.15) is 53.8 Å². The molecule has 6 heterocycles. The number of anilines is 4. The highest BCUT2D eigenvalue weighted by Gasteiger charge is 2.57. The number of fused-ring (bicyclic) bond motifs is 2. The molecule has 0 bridgehead atoms. The fourth-order valence-electron chi connectivity index (χ4n) is 8.89. The Morgan fingerprint density at radius 3 is 1.54 bits per heavy atom. The number of alkyl halides is 2. The number of nitrogens with two attached hydrogens (primary N) is 2. The zero-order valence-electron chi connectivity index (χ0n) is 49.4. The maximum atomic E-state index is 16.0. The Kier molecular flexibility index (Phi) is 23.5. The molecule has 0 spiro atoms. The minimum Gasteiger partial charge on any atom is -0.462 e. The fourth-order valence-corrected chi connectivity index (χ4v) is 12.2. The maximum Gasteiger partial charge on any atom is 0.459 e. The van der Waals surface area contributed by atoms with Gasteiger partial charge in [-0.1, -0.05) is 43.8 Å². The normalized spacial score (nSPS) is 22.8. The summed E-state index contributed by atoms with van der Waals surface area (Å²) in [6, 6.07) is 13.9. The van der Waals surface area contributed by atoms with Crippen molar-refractivity contribution in [2.45, 2.75) is 122 Å². The molecule has 0 amide bonds. The quantitative estimate of drug-likeness (QED) is 0.0123. The monoisotopic (exact) mass is 1330 g/mol. The van der Waals surface area contributed by atoms with Crippen molar-refractivity contribution in [2.75, 3.05) is 56.0 Å². The summed E-state index contributed by atoms with van der Waals surface area (Å²) in [6.45, 7) is 8.23. The van der Waals surface area contributed by atoms with Crippen LogP contribution in [0.15, 0.2) is 73.3 Å². The van der Waals surface area contributed by atoms with E-state index in [0.29, 0.717) is 22.7 Å². The molecule has 11 N–H and O–H groups in total. The lowest BCUT2D eigenvalue weighted by molar-refractivity contribution is -0.149. The highest BCUT2D eigenvalue weighted by Crippen LogP contribution is 2.49. The van der Waals surface area contributed by atoms with Crippen molar-refractivity contribution in [3.05, 3.63) is 102 Å². The minimum atomic E-state index is -4.99. The number of imidazole rings is 2. The van der Waals surface area contributed by atoms with Gasteiger partial charge in [-0.15, -0.1) is 0 Å². The maximum absolute atomic E-state index is 16.0. The van der Waals surface area contributed by atoms with Crippen LogP contribution in [0.25, 0.3) is 22.3 Å². The van der Waals surface area contributed by atoms with Crippen LogP contribution >= 0.6 is 15.3 Å². The van der Waals surface area contributed by atoms with Crippen LogP contribution in [0, 0.1) is 29.1 Å². The second-order valence-corrected chi connectivity index (χ2v) is 24.5. The van der Waals surface area contributed by atoms with Gasteiger partial charge >= 0.3 is 27.2 Å². The number of nitrogen functional groups attached to an aromatic ring is 2. The van der Waals surface area contributed by atoms with Crippen molar-refractivity contribution >= 4 is 78.4 Å². The topological polar surface area (TPSA) is 381 Å². The molecule has 3 aromatic carbocycles. The Morgan fingerprint density at radius 2 is 1.11 bits per heavy atom. The first-order chi connectivity index (χ1) is 42.3. The third-order valence-electron chi connectivity index (χ3n) is 13.2. The average molecular weight is 1330 g/mol. The number of carbonyl (C=O) groups excluding carboxylic acids is 2. The van der Waals surface area contributed by atoms with Crippen molar-refractivity contribution in [1.82, 2.24) is 49.2 Å². The first-order valence-corrected chi connectivity index (χ1v) is 30.3. The molecule has 37 heteroatoms. The van der Waals surface area contributed by atoms with E-state index in [1.54, 1.807) is 64.3 Å². The van der Waals surface area contributed by atoms with E-state index in [0.717, 1.165) is 6.92 Å². The summed E-state index contributed by atoms with van der Waals surface area (Å²) in [5.41, 5.74) is 8.14. The third kappa shape index (κ3) is 16.1. The lowest BCUT2D eigenvalue weighted by Crippen LogP contribution is -2.41. The number of benzene rings is 3. The standard InChI is InChI=1S/C24H33FN7O7P.C17H15F5NO4P.C12H17FN6O3.CH4/c1-13(2)37-21(34)14(3)31-40(35,39-15-9-7-6-8-10-15)36-11-16-18(33)24(4,25)22(38-16)32-12-28-17-19(27-5)29-23(26)30-20(17)32;1-9(2)26-11(24)8-23-28(25,27-10-6-4-3-5-7-10)17-15(21)13(19)12(18)14(20)16(17)22;1-12(13)7(21)5(3-20)22-10(12)19-4-16-6-8(15-2)17-11(14)18-9(6)19;/h6-10,12-14,16,18,22,33H,11H2,1-5H3,(H,31,35)(H3,26,27,29,30);3-7,9H,8H2,1-2H3,(H,23,25);4-5,7,10,20-21H,3H2,1-2H3,(H3,14,15,17,18);1H4/t14-,16+,18+,22+,24+,40-;28-;5-,7-,10-,12-;/m011./s1. The molecule has 0 unspecified atom stereocenters. The van der Waals surface area contributed by atoms with Crippen molar-refractivity contribution < 1.29 is 97.3 Å². The van der Waals surface area contributed by atoms with Gasteiger partial charge in [0.25, 0.3) is 0 Å². The largest absolute Gasteiger partial charge is 0.462 e. The lowest BCUT2D eigenvalue weighted by atomic mass is 9.98. The molecule has 2 aliphatic heterocycles. The Bertz CT molecular complexity index is 3740. The number of hydrogen-bond donors (Lipinski definition) is 9. The number of aliphatic hydroxyl groups excluding tert-OH is 3. The minimum absolute atomic E-state index is 0. The predicted octanol–water partition coefficient (Wildman–Crippen LogP) is 6.46. The first kappa shape index (κ1) is 72.2. The molecular weight excluding hydrogens is 1260 g/mol. The molecule has 498 valence electrons. The van der Waals surface area contributed by atoms with E-state index in [-0.39, 0.29) is 42.1 Å². The summed E-state index contributed by atoms with van der Waals surface area (Å²) < 4.78 is 167. The number of aromatic nitrogens is 8. The van der Waals surface area contributed by atoms with Crippen LogP contribution in [0.4, 0.5) is 54.3 Å². The first-order valence-electron chi connectivity index (χ1n) is 27.1. The second-order valence-electron chi connectivity index (χ2n) is 20.7. The van der Waals surface area contributed by atoms with Gasteiger partial charge in [0.05, 0.1) is 38.1 Å². The Morgan fingerprint density at radius 1 is 0.681 bits per heavy atom. The van der Waals surface area contributed by atoms with E-state index >= 15 is 4.39 Å². The number of carbonyl (C=O) groups is 2. The number of halogens is 7. The van der Waals surface area contributed by atoms with Crippen molar-refractivity contribution in [3.8, 4) is 11.5 Å². The number of hydrogen-bond acceptors (Lipinski definition) is 24. The summed E-state index contributed by atoms with van der Waals surface area (Å²) in [5.74, 6) is -12.7. The molecular formula is C54H69F7N14O14P2. The number of nitrogens with zero attached hydrogens (tertiary/aromatic N) is 8. The fraction of sp³-hybridized carbons (Fsp3) is 0.444. The lowest BCUT2D eigenvalue weighted by Gasteiger charge is -2.25. The van der Waals surface area contributed by atoms with Gasteiger partial charge in [-0.25, -0.2) is 50.4 Å². The summed E-state index contributed by atoms with van der Waals surface area (Å²) in [6.07, 6.45) is -6.43. The number of nitrogens with one attached hydrogen (secondary N) is 4. The summed E-state index contributed by atoms with van der Waals surface area (Å²) in [7, 11) is -6.00.